The molecular formula is C25H28N4O3. The molecule has 2 aromatic heterocycles. The van der Waals surface area contributed by atoms with Gasteiger partial charge in [-0.1, -0.05) is 39.0 Å². The lowest BCUT2D eigenvalue weighted by Crippen LogP contribution is -2.32. The molecular weight excluding hydrogens is 404 g/mol. The van der Waals surface area contributed by atoms with E-state index in [4.69, 9.17) is 9.72 Å². The van der Waals surface area contributed by atoms with Crippen LogP contribution in [0.2, 0.25) is 0 Å². The molecule has 0 bridgehead atoms. The number of benzene rings is 1. The molecule has 0 aliphatic heterocycles. The maximum Gasteiger partial charge on any atom is 0.339 e. The van der Waals surface area contributed by atoms with Crippen LogP contribution in [-0.2, 0) is 22.4 Å². The number of nitrogens with one attached hydrogen (secondary N) is 1. The summed E-state index contributed by atoms with van der Waals surface area (Å²) in [6.07, 6.45) is 4.67. The van der Waals surface area contributed by atoms with E-state index in [1.807, 2.05) is 24.3 Å². The molecule has 0 radical (unpaired) electrons. The number of rotatable bonds is 4. The summed E-state index contributed by atoms with van der Waals surface area (Å²) in [5.74, 6) is -0.393. The quantitative estimate of drug-likeness (QED) is 0.616. The van der Waals surface area contributed by atoms with Crippen molar-refractivity contribution in [2.24, 2.45) is 11.3 Å². The summed E-state index contributed by atoms with van der Waals surface area (Å²) in [7, 11) is 0. The van der Waals surface area contributed by atoms with Gasteiger partial charge >= 0.3 is 5.97 Å². The molecule has 3 aromatic rings. The van der Waals surface area contributed by atoms with Gasteiger partial charge in [-0.2, -0.15) is 0 Å². The Morgan fingerprint density at radius 2 is 1.84 bits per heavy atom. The van der Waals surface area contributed by atoms with Crippen LogP contribution in [0.1, 0.15) is 55.7 Å². The molecule has 0 fully saturated rings. The Hall–Kier alpha value is -3.35. The average molecular weight is 433 g/mol. The summed E-state index contributed by atoms with van der Waals surface area (Å²) in [4.78, 5) is 38.7. The predicted octanol–water partition coefficient (Wildman–Crippen LogP) is 4.36. The van der Waals surface area contributed by atoms with E-state index < -0.39 is 18.0 Å². The number of ether oxygens (including phenoxy) is 1. The van der Waals surface area contributed by atoms with Crippen molar-refractivity contribution in [3.63, 3.8) is 0 Å². The molecule has 7 nitrogen and oxygen atoms in total. The molecule has 1 N–H and O–H groups in total. The number of nitrogens with zero attached hydrogens (tertiary/aromatic N) is 3. The van der Waals surface area contributed by atoms with Crippen molar-refractivity contribution in [3.05, 3.63) is 59.5 Å². The number of anilines is 1. The van der Waals surface area contributed by atoms with E-state index in [-0.39, 0.29) is 11.4 Å². The summed E-state index contributed by atoms with van der Waals surface area (Å²) >= 11 is 0. The van der Waals surface area contributed by atoms with Crippen LogP contribution in [0.3, 0.4) is 0 Å². The Balaban J connectivity index is 1.65. The highest BCUT2D eigenvalue weighted by molar-refractivity contribution is 6.06. The Morgan fingerprint density at radius 1 is 1.12 bits per heavy atom. The lowest BCUT2D eigenvalue weighted by molar-refractivity contribution is -0.123. The average Bonchev–Trinajstić information content (AvgIpc) is 2.76. The molecule has 2 atom stereocenters. The van der Waals surface area contributed by atoms with E-state index in [2.05, 4.69) is 36.1 Å². The van der Waals surface area contributed by atoms with E-state index in [1.165, 1.54) is 12.4 Å². The van der Waals surface area contributed by atoms with E-state index in [0.717, 1.165) is 41.4 Å². The summed E-state index contributed by atoms with van der Waals surface area (Å²) in [5, 5.41) is 3.33. The second kappa shape index (κ2) is 8.65. The van der Waals surface area contributed by atoms with Crippen LogP contribution in [0, 0.1) is 11.3 Å². The topological polar surface area (TPSA) is 94.1 Å². The van der Waals surface area contributed by atoms with Gasteiger partial charge in [0.1, 0.15) is 0 Å². The third kappa shape index (κ3) is 4.47. The predicted molar refractivity (Wildman–Crippen MR) is 122 cm³/mol. The highest BCUT2D eigenvalue weighted by Crippen LogP contribution is 2.39. The molecule has 1 amide bonds. The van der Waals surface area contributed by atoms with Gasteiger partial charge in [0.25, 0.3) is 5.91 Å². The first-order valence-electron chi connectivity index (χ1n) is 10.9. The number of hydrogen-bond acceptors (Lipinski definition) is 6. The molecule has 0 saturated carbocycles. The number of aryl methyl sites for hydroxylation is 1. The maximum absolute atomic E-state index is 13.4. The monoisotopic (exact) mass is 432 g/mol. The number of aromatic nitrogens is 3. The SMILES string of the molecule is C[C@@H](OC(=O)c1c2c(nc3ccccc13)CC[C@H](C(C)(C)C)C2)C(=O)Nc1ncccn1. The maximum atomic E-state index is 13.4. The van der Waals surface area contributed by atoms with Crippen LogP contribution in [0.15, 0.2) is 42.7 Å². The molecule has 0 unspecified atom stereocenters. The fraction of sp³-hybridized carbons (Fsp3) is 0.400. The van der Waals surface area contributed by atoms with Gasteiger partial charge in [0.05, 0.1) is 11.1 Å². The Kier molecular flexibility index (Phi) is 5.91. The molecule has 1 aliphatic carbocycles. The zero-order valence-electron chi connectivity index (χ0n) is 18.9. The van der Waals surface area contributed by atoms with Gasteiger partial charge in [-0.3, -0.25) is 15.1 Å². The third-order valence-corrected chi connectivity index (χ3v) is 6.14. The first kappa shape index (κ1) is 21.9. The molecule has 1 aromatic carbocycles. The van der Waals surface area contributed by atoms with E-state index in [1.54, 1.807) is 13.0 Å². The molecule has 4 rings (SSSR count). The van der Waals surface area contributed by atoms with Crippen molar-refractivity contribution in [1.29, 1.82) is 0 Å². The van der Waals surface area contributed by atoms with Crippen molar-refractivity contribution < 1.29 is 14.3 Å². The normalized spacial score (nSPS) is 16.8. The zero-order valence-corrected chi connectivity index (χ0v) is 18.9. The minimum absolute atomic E-state index is 0.118. The Labute approximate surface area is 187 Å². The van der Waals surface area contributed by atoms with Gasteiger partial charge in [-0.15, -0.1) is 0 Å². The lowest BCUT2D eigenvalue weighted by Gasteiger charge is -2.35. The standard InChI is InChI=1S/C25H28N4O3/c1-15(22(30)29-24-26-12-7-13-27-24)32-23(31)21-17-8-5-6-9-19(17)28-20-11-10-16(14-18(20)21)25(2,3)4/h5-9,12-13,15-16H,10-11,14H2,1-4H3,(H,26,27,29,30)/t15-,16+/m1/s1. The van der Waals surface area contributed by atoms with E-state index in [9.17, 15) is 9.59 Å². The van der Waals surface area contributed by atoms with Gasteiger partial charge < -0.3 is 4.74 Å². The van der Waals surface area contributed by atoms with Crippen LogP contribution >= 0.6 is 0 Å². The number of amides is 1. The molecule has 1 aliphatic rings. The van der Waals surface area contributed by atoms with Crippen LogP contribution in [-0.4, -0.2) is 32.9 Å². The number of esters is 1. The molecule has 32 heavy (non-hydrogen) atoms. The molecule has 2 heterocycles. The highest BCUT2D eigenvalue weighted by atomic mass is 16.5. The van der Waals surface area contributed by atoms with Crippen molar-refractivity contribution in [2.45, 2.75) is 53.1 Å². The summed E-state index contributed by atoms with van der Waals surface area (Å²) in [6.45, 7) is 8.23. The van der Waals surface area contributed by atoms with Gasteiger partial charge in [0.15, 0.2) is 6.10 Å². The van der Waals surface area contributed by atoms with E-state index in [0.29, 0.717) is 11.5 Å². The number of carbonyl (C=O) groups is 2. The first-order chi connectivity index (χ1) is 15.2. The van der Waals surface area contributed by atoms with Crippen molar-refractivity contribution in [1.82, 2.24) is 15.0 Å². The minimum Gasteiger partial charge on any atom is -0.449 e. The third-order valence-electron chi connectivity index (χ3n) is 6.14. The van der Waals surface area contributed by atoms with Gasteiger partial charge in [-0.25, -0.2) is 14.8 Å². The highest BCUT2D eigenvalue weighted by Gasteiger charge is 2.33. The minimum atomic E-state index is -1.00. The second-order valence-corrected chi connectivity index (χ2v) is 9.34. The lowest BCUT2D eigenvalue weighted by atomic mass is 9.70. The summed E-state index contributed by atoms with van der Waals surface area (Å²) in [6, 6.07) is 9.25. The molecule has 0 spiro atoms. The van der Waals surface area contributed by atoms with Crippen molar-refractivity contribution >= 4 is 28.7 Å². The number of pyridine rings is 1. The van der Waals surface area contributed by atoms with Gasteiger partial charge in [0, 0.05) is 23.5 Å². The summed E-state index contributed by atoms with van der Waals surface area (Å²) < 4.78 is 5.63. The zero-order chi connectivity index (χ0) is 22.9. The van der Waals surface area contributed by atoms with E-state index >= 15 is 0 Å². The van der Waals surface area contributed by atoms with Crippen molar-refractivity contribution in [2.75, 3.05) is 5.32 Å². The smallest absolute Gasteiger partial charge is 0.339 e. The van der Waals surface area contributed by atoms with Gasteiger partial charge in [0.2, 0.25) is 5.95 Å². The number of fused-ring (bicyclic) bond motifs is 2. The fourth-order valence-electron chi connectivity index (χ4n) is 4.21. The van der Waals surface area contributed by atoms with Crippen LogP contribution < -0.4 is 5.32 Å². The number of para-hydroxylation sites is 1. The van der Waals surface area contributed by atoms with Crippen LogP contribution in [0.4, 0.5) is 5.95 Å². The Bertz CT molecular complexity index is 1160. The van der Waals surface area contributed by atoms with Gasteiger partial charge in [-0.05, 0) is 55.2 Å². The number of hydrogen-bond donors (Lipinski definition) is 1. The second-order valence-electron chi connectivity index (χ2n) is 9.34. The van der Waals surface area contributed by atoms with Crippen LogP contribution in [0.5, 0.6) is 0 Å². The fourth-order valence-corrected chi connectivity index (χ4v) is 4.21. The molecule has 0 saturated heterocycles. The summed E-state index contributed by atoms with van der Waals surface area (Å²) in [5.41, 5.74) is 3.30. The largest absolute Gasteiger partial charge is 0.449 e. The molecule has 166 valence electrons. The first-order valence-corrected chi connectivity index (χ1v) is 10.9. The Morgan fingerprint density at radius 3 is 2.56 bits per heavy atom. The molecule has 7 heteroatoms. The van der Waals surface area contributed by atoms with Crippen LogP contribution in [0.25, 0.3) is 10.9 Å². The van der Waals surface area contributed by atoms with Crippen molar-refractivity contribution in [3.8, 4) is 0 Å². The number of carbonyl (C=O) groups excluding carboxylic acids is 2.